The summed E-state index contributed by atoms with van der Waals surface area (Å²) in [5.41, 5.74) is 10.1. The normalized spacial score (nSPS) is 11.2. The lowest BCUT2D eigenvalue weighted by Gasteiger charge is -2.11. The second-order valence-corrected chi connectivity index (χ2v) is 5.08. The minimum Gasteiger partial charge on any atom is -0.423 e. The largest absolute Gasteiger partial charge is 0.423 e. The van der Waals surface area contributed by atoms with Gasteiger partial charge in [0.1, 0.15) is 5.52 Å². The molecule has 102 valence electrons. The Morgan fingerprint density at radius 2 is 1.90 bits per heavy atom. The zero-order valence-corrected chi connectivity index (χ0v) is 11.6. The van der Waals surface area contributed by atoms with E-state index in [-0.39, 0.29) is 0 Å². The number of nitrogen functional groups attached to an aromatic ring is 1. The third kappa shape index (κ3) is 2.20. The van der Waals surface area contributed by atoms with Crippen molar-refractivity contribution in [3.8, 4) is 0 Å². The van der Waals surface area contributed by atoms with Crippen molar-refractivity contribution in [3.05, 3.63) is 48.0 Å². The molecule has 0 unspecified atom stereocenters. The van der Waals surface area contributed by atoms with Crippen LogP contribution in [0.2, 0.25) is 0 Å². The Kier molecular flexibility index (Phi) is 3.06. The second-order valence-electron chi connectivity index (χ2n) is 5.08. The van der Waals surface area contributed by atoms with Crippen LogP contribution in [0.5, 0.6) is 0 Å². The van der Waals surface area contributed by atoms with Crippen LogP contribution in [0.15, 0.2) is 46.9 Å². The zero-order valence-electron chi connectivity index (χ0n) is 11.6. The molecule has 0 amide bonds. The molecular formula is C16H17N3O. The molecule has 3 aromatic rings. The Balaban J connectivity index is 1.99. The lowest BCUT2D eigenvalue weighted by Crippen LogP contribution is -1.97. The number of para-hydroxylation sites is 2. The molecule has 2 aromatic carbocycles. The number of hydrogen-bond acceptors (Lipinski definition) is 4. The van der Waals surface area contributed by atoms with Crippen LogP contribution < -0.4 is 11.1 Å². The fraction of sp³-hybridized carbons (Fsp3) is 0.188. The predicted octanol–water partition coefficient (Wildman–Crippen LogP) is 4.28. The van der Waals surface area contributed by atoms with Gasteiger partial charge in [0, 0.05) is 5.69 Å². The van der Waals surface area contributed by atoms with Crippen molar-refractivity contribution in [2.45, 2.75) is 19.8 Å². The minimum absolute atomic E-state index is 0.424. The lowest BCUT2D eigenvalue weighted by atomic mass is 10.0. The van der Waals surface area contributed by atoms with Crippen LogP contribution in [-0.2, 0) is 0 Å². The van der Waals surface area contributed by atoms with Crippen molar-refractivity contribution < 1.29 is 4.42 Å². The first-order chi connectivity index (χ1) is 9.65. The van der Waals surface area contributed by atoms with Gasteiger partial charge >= 0.3 is 0 Å². The first-order valence-electron chi connectivity index (χ1n) is 6.66. The van der Waals surface area contributed by atoms with Gasteiger partial charge in [0.25, 0.3) is 6.01 Å². The molecule has 3 N–H and O–H groups in total. The van der Waals surface area contributed by atoms with Gasteiger partial charge in [-0.2, -0.15) is 4.98 Å². The van der Waals surface area contributed by atoms with Crippen molar-refractivity contribution in [2.24, 2.45) is 0 Å². The highest BCUT2D eigenvalue weighted by Crippen LogP contribution is 2.29. The van der Waals surface area contributed by atoms with Gasteiger partial charge in [-0.3, -0.25) is 0 Å². The number of nitrogens with zero attached hydrogens (tertiary/aromatic N) is 1. The van der Waals surface area contributed by atoms with Crippen LogP contribution >= 0.6 is 0 Å². The Morgan fingerprint density at radius 3 is 2.65 bits per heavy atom. The molecule has 0 fully saturated rings. The molecule has 1 heterocycles. The van der Waals surface area contributed by atoms with Crippen molar-refractivity contribution in [1.29, 1.82) is 0 Å². The zero-order chi connectivity index (χ0) is 14.1. The molecule has 0 radical (unpaired) electrons. The molecule has 4 heteroatoms. The number of anilines is 3. The second kappa shape index (κ2) is 4.89. The Bertz CT molecular complexity index is 746. The number of hydrogen-bond donors (Lipinski definition) is 2. The average molecular weight is 267 g/mol. The summed E-state index contributed by atoms with van der Waals surface area (Å²) in [6.45, 7) is 4.31. The third-order valence-electron chi connectivity index (χ3n) is 3.27. The maximum Gasteiger partial charge on any atom is 0.300 e. The first-order valence-corrected chi connectivity index (χ1v) is 6.66. The quantitative estimate of drug-likeness (QED) is 0.695. The van der Waals surface area contributed by atoms with Gasteiger partial charge < -0.3 is 15.5 Å². The number of nitrogens with one attached hydrogen (secondary N) is 1. The van der Waals surface area contributed by atoms with E-state index in [0.29, 0.717) is 28.7 Å². The van der Waals surface area contributed by atoms with E-state index < -0.39 is 0 Å². The molecule has 0 saturated heterocycles. The Labute approximate surface area is 117 Å². The van der Waals surface area contributed by atoms with Gasteiger partial charge in [0.2, 0.25) is 0 Å². The summed E-state index contributed by atoms with van der Waals surface area (Å²) in [6, 6.07) is 14.1. The summed E-state index contributed by atoms with van der Waals surface area (Å²) < 4.78 is 5.69. The molecule has 0 spiro atoms. The standard InChI is InChI=1S/C16H17N3O/c1-10(2)11-6-3-4-8-13(11)18-16-19-15-12(17)7-5-9-14(15)20-16/h3-10H,17H2,1-2H3,(H,18,19). The summed E-state index contributed by atoms with van der Waals surface area (Å²) in [4.78, 5) is 4.41. The van der Waals surface area contributed by atoms with Crippen molar-refractivity contribution in [3.63, 3.8) is 0 Å². The molecule has 0 aliphatic heterocycles. The molecule has 0 saturated carbocycles. The molecule has 1 aromatic heterocycles. The van der Waals surface area contributed by atoms with Crippen molar-refractivity contribution in [1.82, 2.24) is 4.98 Å². The van der Waals surface area contributed by atoms with Crippen LogP contribution in [0.25, 0.3) is 11.1 Å². The average Bonchev–Trinajstić information content (AvgIpc) is 2.83. The molecule has 0 atom stereocenters. The maximum absolute atomic E-state index is 5.89. The van der Waals surface area contributed by atoms with Crippen molar-refractivity contribution >= 4 is 28.5 Å². The predicted molar refractivity (Wildman–Crippen MR) is 82.2 cm³/mol. The van der Waals surface area contributed by atoms with Crippen LogP contribution in [0, 0.1) is 0 Å². The molecule has 4 nitrogen and oxygen atoms in total. The minimum atomic E-state index is 0.424. The number of nitrogens with two attached hydrogens (primary N) is 1. The van der Waals surface area contributed by atoms with Crippen LogP contribution in [0.1, 0.15) is 25.3 Å². The molecular weight excluding hydrogens is 250 g/mol. The van der Waals surface area contributed by atoms with E-state index in [1.54, 1.807) is 0 Å². The van der Waals surface area contributed by atoms with E-state index in [9.17, 15) is 0 Å². The highest BCUT2D eigenvalue weighted by Gasteiger charge is 2.11. The van der Waals surface area contributed by atoms with E-state index in [1.807, 2.05) is 36.4 Å². The Hall–Kier alpha value is -2.49. The molecule has 0 aliphatic rings. The monoisotopic (exact) mass is 267 g/mol. The van der Waals surface area contributed by atoms with Gasteiger partial charge in [-0.05, 0) is 29.7 Å². The van der Waals surface area contributed by atoms with Crippen LogP contribution in [0.4, 0.5) is 17.4 Å². The van der Waals surface area contributed by atoms with Gasteiger partial charge in [-0.25, -0.2) is 0 Å². The van der Waals surface area contributed by atoms with E-state index in [0.717, 1.165) is 5.69 Å². The number of aromatic nitrogens is 1. The molecule has 0 aliphatic carbocycles. The topological polar surface area (TPSA) is 64.1 Å². The smallest absolute Gasteiger partial charge is 0.300 e. The third-order valence-corrected chi connectivity index (χ3v) is 3.27. The SMILES string of the molecule is CC(C)c1ccccc1Nc1nc2c(N)cccc2o1. The van der Waals surface area contributed by atoms with E-state index in [1.165, 1.54) is 5.56 Å². The van der Waals surface area contributed by atoms with Crippen LogP contribution in [0.3, 0.4) is 0 Å². The molecule has 3 rings (SSSR count). The van der Waals surface area contributed by atoms with E-state index in [4.69, 9.17) is 10.2 Å². The highest BCUT2D eigenvalue weighted by molar-refractivity contribution is 5.86. The lowest BCUT2D eigenvalue weighted by molar-refractivity contribution is 0.622. The summed E-state index contributed by atoms with van der Waals surface area (Å²) in [5.74, 6) is 0.424. The fourth-order valence-electron chi connectivity index (χ4n) is 2.25. The van der Waals surface area contributed by atoms with E-state index in [2.05, 4.69) is 30.2 Å². The van der Waals surface area contributed by atoms with E-state index >= 15 is 0 Å². The summed E-state index contributed by atoms with van der Waals surface area (Å²) in [6.07, 6.45) is 0. The van der Waals surface area contributed by atoms with Gasteiger partial charge in [-0.15, -0.1) is 0 Å². The fourth-order valence-corrected chi connectivity index (χ4v) is 2.25. The highest BCUT2D eigenvalue weighted by atomic mass is 16.4. The Morgan fingerprint density at radius 1 is 1.10 bits per heavy atom. The summed E-state index contributed by atoms with van der Waals surface area (Å²) in [7, 11) is 0. The maximum atomic E-state index is 5.89. The number of oxazole rings is 1. The van der Waals surface area contributed by atoms with Gasteiger partial charge in [0.15, 0.2) is 5.58 Å². The number of benzene rings is 2. The summed E-state index contributed by atoms with van der Waals surface area (Å²) in [5, 5.41) is 3.24. The molecule has 20 heavy (non-hydrogen) atoms. The first kappa shape index (κ1) is 12.5. The molecule has 0 bridgehead atoms. The van der Waals surface area contributed by atoms with Crippen molar-refractivity contribution in [2.75, 3.05) is 11.1 Å². The summed E-state index contributed by atoms with van der Waals surface area (Å²) >= 11 is 0. The number of fused-ring (bicyclic) bond motifs is 1. The van der Waals surface area contributed by atoms with Gasteiger partial charge in [0.05, 0.1) is 5.69 Å². The number of rotatable bonds is 3. The van der Waals surface area contributed by atoms with Crippen LogP contribution in [-0.4, -0.2) is 4.98 Å². The van der Waals surface area contributed by atoms with Gasteiger partial charge in [-0.1, -0.05) is 38.1 Å².